The van der Waals surface area contributed by atoms with Crippen molar-refractivity contribution in [2.75, 3.05) is 6.61 Å². The summed E-state index contributed by atoms with van der Waals surface area (Å²) in [4.78, 5) is 14.6. The van der Waals surface area contributed by atoms with Crippen molar-refractivity contribution in [3.05, 3.63) is 30.3 Å². The number of aliphatic hydroxyl groups is 1. The summed E-state index contributed by atoms with van der Waals surface area (Å²) in [5.74, 6) is 1.09. The molecule has 0 spiro atoms. The molecule has 0 aliphatic carbocycles. The molecule has 2 aliphatic rings. The van der Waals surface area contributed by atoms with Crippen LogP contribution in [-0.2, 0) is 4.79 Å². The van der Waals surface area contributed by atoms with E-state index >= 15 is 0 Å². The predicted molar refractivity (Wildman–Crippen MR) is 84.7 cm³/mol. The van der Waals surface area contributed by atoms with E-state index in [4.69, 9.17) is 4.74 Å². The maximum Gasteiger partial charge on any atom is 0.223 e. The molecular formula is C18H25NO3. The van der Waals surface area contributed by atoms with Gasteiger partial charge in [0.25, 0.3) is 0 Å². The third-order valence-corrected chi connectivity index (χ3v) is 4.78. The number of para-hydroxylation sites is 1. The largest absolute Gasteiger partial charge is 0.494 e. The van der Waals surface area contributed by atoms with E-state index in [2.05, 4.69) is 4.90 Å². The quantitative estimate of drug-likeness (QED) is 0.851. The smallest absolute Gasteiger partial charge is 0.223 e. The Morgan fingerprint density at radius 3 is 2.55 bits per heavy atom. The lowest BCUT2D eigenvalue weighted by Crippen LogP contribution is -2.55. The topological polar surface area (TPSA) is 49.8 Å². The molecule has 2 fully saturated rings. The van der Waals surface area contributed by atoms with E-state index < -0.39 is 0 Å². The first-order valence-electron chi connectivity index (χ1n) is 8.41. The number of fused-ring (bicyclic) bond motifs is 2. The summed E-state index contributed by atoms with van der Waals surface area (Å²) in [6, 6.07) is 10.2. The number of rotatable bonds is 5. The van der Waals surface area contributed by atoms with Gasteiger partial charge in [0.1, 0.15) is 5.75 Å². The number of carbonyl (C=O) groups is 1. The number of ether oxygens (including phenoxy) is 1. The summed E-state index contributed by atoms with van der Waals surface area (Å²) < 4.78 is 5.64. The Hall–Kier alpha value is -1.55. The first-order chi connectivity index (χ1) is 10.7. The molecule has 3 atom stereocenters. The molecule has 22 heavy (non-hydrogen) atoms. The molecule has 3 rings (SSSR count). The normalized spacial score (nSPS) is 27.5. The van der Waals surface area contributed by atoms with Crippen LogP contribution in [0.3, 0.4) is 0 Å². The minimum Gasteiger partial charge on any atom is -0.494 e. The van der Waals surface area contributed by atoms with E-state index in [0.29, 0.717) is 13.0 Å². The lowest BCUT2D eigenvalue weighted by Gasteiger charge is -2.47. The van der Waals surface area contributed by atoms with Crippen molar-refractivity contribution in [1.29, 1.82) is 0 Å². The standard InChI is InChI=1S/C18H25NO3/c20-16-12-14-6-4-7-15(13-16)19(14)18(21)10-5-11-22-17-8-2-1-3-9-17/h1-3,8-9,14-16,20H,4-7,10-13H2/t14-,15+,16?. The van der Waals surface area contributed by atoms with Crippen molar-refractivity contribution in [3.63, 3.8) is 0 Å². The second kappa shape index (κ2) is 7.14. The lowest BCUT2D eigenvalue weighted by atomic mass is 9.82. The van der Waals surface area contributed by atoms with Crippen LogP contribution < -0.4 is 4.74 Å². The van der Waals surface area contributed by atoms with Crippen LogP contribution in [0.4, 0.5) is 0 Å². The highest BCUT2D eigenvalue weighted by Crippen LogP contribution is 2.34. The lowest BCUT2D eigenvalue weighted by molar-refractivity contribution is -0.144. The fraction of sp³-hybridized carbons (Fsp3) is 0.611. The molecule has 2 saturated heterocycles. The Morgan fingerprint density at radius 2 is 1.86 bits per heavy atom. The zero-order valence-electron chi connectivity index (χ0n) is 13.0. The minimum absolute atomic E-state index is 0.222. The molecular weight excluding hydrogens is 278 g/mol. The number of piperidine rings is 2. The van der Waals surface area contributed by atoms with Gasteiger partial charge < -0.3 is 14.7 Å². The summed E-state index contributed by atoms with van der Waals surface area (Å²) in [7, 11) is 0. The average molecular weight is 303 g/mol. The van der Waals surface area contributed by atoms with Gasteiger partial charge in [-0.3, -0.25) is 4.79 Å². The van der Waals surface area contributed by atoms with Crippen molar-refractivity contribution < 1.29 is 14.6 Å². The zero-order chi connectivity index (χ0) is 15.4. The fourth-order valence-corrected chi connectivity index (χ4v) is 3.82. The molecule has 1 aromatic rings. The zero-order valence-corrected chi connectivity index (χ0v) is 13.0. The van der Waals surface area contributed by atoms with Crippen LogP contribution in [0, 0.1) is 0 Å². The van der Waals surface area contributed by atoms with Crippen molar-refractivity contribution in [2.24, 2.45) is 0 Å². The van der Waals surface area contributed by atoms with E-state index in [-0.39, 0.29) is 24.1 Å². The van der Waals surface area contributed by atoms with Crippen molar-refractivity contribution in [2.45, 2.75) is 63.1 Å². The Kier molecular flexibility index (Phi) is 4.98. The van der Waals surface area contributed by atoms with Gasteiger partial charge in [-0.1, -0.05) is 18.2 Å². The average Bonchev–Trinajstić information content (AvgIpc) is 2.51. The van der Waals surface area contributed by atoms with Gasteiger partial charge in [-0.05, 0) is 50.7 Å². The summed E-state index contributed by atoms with van der Waals surface area (Å²) in [6.07, 6.45) is 5.83. The highest BCUT2D eigenvalue weighted by Gasteiger charge is 2.39. The van der Waals surface area contributed by atoms with Gasteiger partial charge in [0.05, 0.1) is 12.7 Å². The summed E-state index contributed by atoms with van der Waals surface area (Å²) in [5.41, 5.74) is 0. The van der Waals surface area contributed by atoms with Crippen LogP contribution in [0.25, 0.3) is 0 Å². The monoisotopic (exact) mass is 303 g/mol. The molecule has 4 nitrogen and oxygen atoms in total. The first kappa shape index (κ1) is 15.3. The molecule has 1 N–H and O–H groups in total. The Bertz CT molecular complexity index is 476. The second-order valence-electron chi connectivity index (χ2n) is 6.43. The molecule has 1 unspecified atom stereocenters. The predicted octanol–water partition coefficient (Wildman–Crippen LogP) is 2.75. The van der Waals surface area contributed by atoms with Gasteiger partial charge >= 0.3 is 0 Å². The molecule has 1 aromatic carbocycles. The summed E-state index contributed by atoms with van der Waals surface area (Å²) >= 11 is 0. The van der Waals surface area contributed by atoms with Crippen LogP contribution >= 0.6 is 0 Å². The molecule has 0 saturated carbocycles. The van der Waals surface area contributed by atoms with Gasteiger partial charge in [-0.25, -0.2) is 0 Å². The molecule has 0 radical (unpaired) electrons. The van der Waals surface area contributed by atoms with Gasteiger partial charge in [0, 0.05) is 18.5 Å². The first-order valence-corrected chi connectivity index (χ1v) is 8.41. The number of aliphatic hydroxyl groups excluding tert-OH is 1. The molecule has 120 valence electrons. The number of benzene rings is 1. The van der Waals surface area contributed by atoms with Crippen LogP contribution in [-0.4, -0.2) is 40.7 Å². The second-order valence-corrected chi connectivity index (χ2v) is 6.43. The van der Waals surface area contributed by atoms with E-state index in [9.17, 15) is 9.90 Å². The van der Waals surface area contributed by atoms with Crippen molar-refractivity contribution >= 4 is 5.91 Å². The number of hydrogen-bond acceptors (Lipinski definition) is 3. The number of amides is 1. The SMILES string of the molecule is O=C(CCCOc1ccccc1)N1[C@@H]2CCC[C@H]1CC(O)C2. The minimum atomic E-state index is -0.222. The molecule has 2 aliphatic heterocycles. The fourth-order valence-electron chi connectivity index (χ4n) is 3.82. The molecule has 2 bridgehead atoms. The van der Waals surface area contributed by atoms with E-state index in [1.54, 1.807) is 0 Å². The van der Waals surface area contributed by atoms with E-state index in [1.165, 1.54) is 6.42 Å². The van der Waals surface area contributed by atoms with E-state index in [1.807, 2.05) is 30.3 Å². The maximum atomic E-state index is 12.5. The van der Waals surface area contributed by atoms with Crippen LogP contribution in [0.2, 0.25) is 0 Å². The van der Waals surface area contributed by atoms with Crippen molar-refractivity contribution in [3.8, 4) is 5.75 Å². The van der Waals surface area contributed by atoms with Gasteiger partial charge in [0.2, 0.25) is 5.91 Å². The number of nitrogens with zero attached hydrogens (tertiary/aromatic N) is 1. The highest BCUT2D eigenvalue weighted by molar-refractivity contribution is 5.77. The number of carbonyl (C=O) groups excluding carboxylic acids is 1. The molecule has 2 heterocycles. The Balaban J connectivity index is 1.45. The highest BCUT2D eigenvalue weighted by atomic mass is 16.5. The Labute approximate surface area is 132 Å². The van der Waals surface area contributed by atoms with E-state index in [0.717, 1.165) is 37.9 Å². The molecule has 0 aromatic heterocycles. The summed E-state index contributed by atoms with van der Waals surface area (Å²) in [6.45, 7) is 0.571. The number of hydrogen-bond donors (Lipinski definition) is 1. The van der Waals surface area contributed by atoms with Gasteiger partial charge in [-0.2, -0.15) is 0 Å². The maximum absolute atomic E-state index is 12.5. The van der Waals surface area contributed by atoms with Gasteiger partial charge in [0.15, 0.2) is 0 Å². The molecule has 4 heteroatoms. The Morgan fingerprint density at radius 1 is 1.18 bits per heavy atom. The molecule has 1 amide bonds. The van der Waals surface area contributed by atoms with Gasteiger partial charge in [-0.15, -0.1) is 0 Å². The third kappa shape index (κ3) is 3.61. The van der Waals surface area contributed by atoms with Crippen LogP contribution in [0.5, 0.6) is 5.75 Å². The van der Waals surface area contributed by atoms with Crippen LogP contribution in [0.1, 0.15) is 44.9 Å². The third-order valence-electron chi connectivity index (χ3n) is 4.78. The van der Waals surface area contributed by atoms with Crippen LogP contribution in [0.15, 0.2) is 30.3 Å². The van der Waals surface area contributed by atoms with Crippen molar-refractivity contribution in [1.82, 2.24) is 4.90 Å². The summed E-state index contributed by atoms with van der Waals surface area (Å²) in [5, 5.41) is 9.90.